The minimum Gasteiger partial charge on any atom is -0.300 e. The normalized spacial score (nSPS) is 30.4. The lowest BCUT2D eigenvalue weighted by Gasteiger charge is -2.40. The Hall–Kier alpha value is -0.860. The minimum atomic E-state index is -4.54. The number of sulfone groups is 1. The van der Waals surface area contributed by atoms with Crippen LogP contribution in [0.4, 0.5) is 13.2 Å². The van der Waals surface area contributed by atoms with Crippen LogP contribution in [0, 0.1) is 5.41 Å². The second kappa shape index (κ2) is 6.59. The molecule has 0 aromatic carbocycles. The Morgan fingerprint density at radius 2 is 1.85 bits per heavy atom. The van der Waals surface area contributed by atoms with Gasteiger partial charge in [-0.3, -0.25) is 9.88 Å². The molecule has 1 aromatic rings. The lowest BCUT2D eigenvalue weighted by Crippen LogP contribution is -2.51. The van der Waals surface area contributed by atoms with E-state index in [1.165, 1.54) is 6.20 Å². The summed E-state index contributed by atoms with van der Waals surface area (Å²) in [5.41, 5.74) is -0.511. The van der Waals surface area contributed by atoms with E-state index in [-0.39, 0.29) is 16.4 Å². The number of hydrogen-bond donors (Lipinski definition) is 0. The van der Waals surface area contributed by atoms with E-state index in [0.29, 0.717) is 23.1 Å². The maximum atomic E-state index is 13.0. The van der Waals surface area contributed by atoms with Crippen LogP contribution in [0.3, 0.4) is 0 Å². The number of nitrogens with zero attached hydrogens (tertiary/aromatic N) is 2. The number of alkyl halides is 3. The van der Waals surface area contributed by atoms with Gasteiger partial charge in [0.2, 0.25) is 0 Å². The molecule has 0 unspecified atom stereocenters. The summed E-state index contributed by atoms with van der Waals surface area (Å²) >= 11 is 6.03. The monoisotopic (exact) mass is 422 g/mol. The average Bonchev–Trinajstić information content (AvgIpc) is 2.97. The molecule has 0 radical (unpaired) electrons. The van der Waals surface area contributed by atoms with Crippen molar-refractivity contribution < 1.29 is 21.6 Å². The smallest absolute Gasteiger partial charge is 0.300 e. The molecule has 1 aliphatic carbocycles. The minimum absolute atomic E-state index is 0.0125. The van der Waals surface area contributed by atoms with Crippen LogP contribution in [0.5, 0.6) is 0 Å². The number of aromatic nitrogens is 1. The van der Waals surface area contributed by atoms with Crippen LogP contribution in [0.1, 0.15) is 49.3 Å². The lowest BCUT2D eigenvalue weighted by molar-refractivity contribution is -0.141. The quantitative estimate of drug-likeness (QED) is 0.725. The maximum absolute atomic E-state index is 13.0. The maximum Gasteiger partial charge on any atom is 0.434 e. The van der Waals surface area contributed by atoms with Crippen LogP contribution in [0.15, 0.2) is 12.3 Å². The molecule has 4 rings (SSSR count). The van der Waals surface area contributed by atoms with E-state index < -0.39 is 21.7 Å². The molecule has 0 bridgehead atoms. The van der Waals surface area contributed by atoms with Gasteiger partial charge in [0, 0.05) is 24.2 Å². The summed E-state index contributed by atoms with van der Waals surface area (Å²) < 4.78 is 62.2. The number of hydrogen-bond acceptors (Lipinski definition) is 4. The van der Waals surface area contributed by atoms with Crippen molar-refractivity contribution >= 4 is 21.4 Å². The van der Waals surface area contributed by atoms with E-state index in [9.17, 15) is 21.6 Å². The van der Waals surface area contributed by atoms with Crippen molar-refractivity contribution in [2.75, 3.05) is 24.6 Å². The van der Waals surface area contributed by atoms with Gasteiger partial charge in [-0.1, -0.05) is 11.6 Å². The van der Waals surface area contributed by atoms with Gasteiger partial charge in [-0.05, 0) is 56.2 Å². The van der Waals surface area contributed by atoms with Crippen molar-refractivity contribution in [3.8, 4) is 0 Å². The van der Waals surface area contributed by atoms with Gasteiger partial charge >= 0.3 is 6.18 Å². The topological polar surface area (TPSA) is 50.3 Å². The van der Waals surface area contributed by atoms with E-state index in [0.717, 1.165) is 45.2 Å². The third-order valence-corrected chi connectivity index (χ3v) is 8.86. The zero-order valence-electron chi connectivity index (χ0n) is 14.8. The Morgan fingerprint density at radius 3 is 2.44 bits per heavy atom. The molecular weight excluding hydrogens is 401 g/mol. The molecule has 1 aromatic heterocycles. The molecule has 0 atom stereocenters. The van der Waals surface area contributed by atoms with Crippen molar-refractivity contribution in [2.24, 2.45) is 5.41 Å². The van der Waals surface area contributed by atoms with Crippen LogP contribution in [0.2, 0.25) is 5.02 Å². The van der Waals surface area contributed by atoms with Gasteiger partial charge in [0.1, 0.15) is 0 Å². The first-order chi connectivity index (χ1) is 12.6. The van der Waals surface area contributed by atoms with Crippen molar-refractivity contribution in [2.45, 2.75) is 50.2 Å². The average molecular weight is 423 g/mol. The van der Waals surface area contributed by atoms with Gasteiger partial charge in [-0.2, -0.15) is 13.2 Å². The number of rotatable bonds is 2. The molecule has 4 nitrogen and oxygen atoms in total. The molecule has 9 heteroatoms. The highest BCUT2D eigenvalue weighted by Gasteiger charge is 2.53. The first kappa shape index (κ1) is 19.5. The third-order valence-electron chi connectivity index (χ3n) is 6.36. The summed E-state index contributed by atoms with van der Waals surface area (Å²) in [6.45, 7) is 1.74. The lowest BCUT2D eigenvalue weighted by atomic mass is 9.81. The van der Waals surface area contributed by atoms with Crippen LogP contribution in [-0.2, 0) is 16.0 Å². The Kier molecular flexibility index (Phi) is 4.75. The second-order valence-electron chi connectivity index (χ2n) is 8.32. The summed E-state index contributed by atoms with van der Waals surface area (Å²) in [6, 6.07) is 1.98. The Bertz CT molecular complexity index is 823. The first-order valence-corrected chi connectivity index (χ1v) is 11.4. The number of pyridine rings is 1. The fraction of sp³-hybridized carbons (Fsp3) is 0.722. The van der Waals surface area contributed by atoms with Gasteiger partial charge in [-0.25, -0.2) is 8.42 Å². The first-order valence-electron chi connectivity index (χ1n) is 9.25. The van der Waals surface area contributed by atoms with E-state index in [4.69, 9.17) is 11.6 Å². The molecule has 0 N–H and O–H groups in total. The summed E-state index contributed by atoms with van der Waals surface area (Å²) in [4.78, 5) is 5.80. The van der Waals surface area contributed by atoms with Crippen molar-refractivity contribution in [3.05, 3.63) is 28.5 Å². The number of likely N-dealkylation sites (tertiary alicyclic amines) is 1. The Morgan fingerprint density at radius 1 is 1.19 bits per heavy atom. The van der Waals surface area contributed by atoms with Gasteiger partial charge in [-0.15, -0.1) is 0 Å². The van der Waals surface area contributed by atoms with Gasteiger partial charge < -0.3 is 0 Å². The molecule has 3 aliphatic rings. The van der Waals surface area contributed by atoms with Crippen molar-refractivity contribution in [1.29, 1.82) is 0 Å². The van der Waals surface area contributed by atoms with Gasteiger partial charge in [0.25, 0.3) is 0 Å². The van der Waals surface area contributed by atoms with E-state index in [2.05, 4.69) is 9.88 Å². The second-order valence-corrected chi connectivity index (χ2v) is 10.8. The van der Waals surface area contributed by atoms with Crippen molar-refractivity contribution in [1.82, 2.24) is 9.88 Å². The molecule has 27 heavy (non-hydrogen) atoms. The van der Waals surface area contributed by atoms with E-state index in [1.807, 2.05) is 0 Å². The molecule has 150 valence electrons. The highest BCUT2D eigenvalue weighted by atomic mass is 35.5. The summed E-state index contributed by atoms with van der Waals surface area (Å²) in [5.74, 6) is 0.621. The van der Waals surface area contributed by atoms with Crippen molar-refractivity contribution in [3.63, 3.8) is 0 Å². The summed E-state index contributed by atoms with van der Waals surface area (Å²) in [5, 5.41) is -0.270. The van der Waals surface area contributed by atoms with E-state index in [1.54, 1.807) is 6.07 Å². The summed E-state index contributed by atoms with van der Waals surface area (Å²) in [7, 11) is -2.83. The zero-order valence-corrected chi connectivity index (χ0v) is 16.4. The van der Waals surface area contributed by atoms with E-state index >= 15 is 0 Å². The highest BCUT2D eigenvalue weighted by molar-refractivity contribution is 7.92. The fourth-order valence-electron chi connectivity index (χ4n) is 5.13. The predicted molar refractivity (Wildman–Crippen MR) is 96.5 cm³/mol. The summed E-state index contributed by atoms with van der Waals surface area (Å²) in [6.07, 6.45) is 0.938. The molecule has 2 aliphatic heterocycles. The zero-order chi connectivity index (χ0) is 19.4. The molecular formula is C18H22ClF3N2O2S. The van der Waals surface area contributed by atoms with Crippen LogP contribution in [-0.4, -0.2) is 48.9 Å². The third kappa shape index (κ3) is 3.72. The molecule has 1 spiro atoms. The predicted octanol–water partition coefficient (Wildman–Crippen LogP) is 3.90. The fourth-order valence-corrected chi connectivity index (χ4v) is 7.76. The van der Waals surface area contributed by atoms with Gasteiger partial charge in [0.15, 0.2) is 15.5 Å². The Balaban J connectivity index is 1.39. The highest BCUT2D eigenvalue weighted by Crippen LogP contribution is 2.45. The molecule has 1 saturated carbocycles. The molecule has 2 saturated heterocycles. The standard InChI is InChI=1S/C18H22ClF3N2O2S/c19-15-14(5-7-23-16(15)18(20,21)22)12-1-3-13(4-2-12)24-8-6-17(9-24)10-27(25,26)11-17/h5,7,12-13H,1-4,6,8-11H2/t12-,13+. The molecule has 0 amide bonds. The van der Waals surface area contributed by atoms with Crippen LogP contribution >= 0.6 is 11.6 Å². The Labute approximate surface area is 162 Å². The molecule has 3 fully saturated rings. The van der Waals surface area contributed by atoms with Crippen LogP contribution < -0.4 is 0 Å². The molecule has 3 heterocycles. The number of halogens is 4. The SMILES string of the molecule is O=S1(=O)CC2(CCN([C@H]3CC[C@@H](c4ccnc(C(F)(F)F)c4Cl)CC3)C2)C1. The van der Waals surface area contributed by atoms with Gasteiger partial charge in [0.05, 0.1) is 16.5 Å². The largest absolute Gasteiger partial charge is 0.434 e. The van der Waals surface area contributed by atoms with Crippen LogP contribution in [0.25, 0.3) is 0 Å².